The summed E-state index contributed by atoms with van der Waals surface area (Å²) in [4.78, 5) is 2.41. The third-order valence-corrected chi connectivity index (χ3v) is 9.91. The molecule has 1 heteroatoms. The van der Waals surface area contributed by atoms with Gasteiger partial charge in [-0.2, -0.15) is 0 Å². The van der Waals surface area contributed by atoms with Crippen LogP contribution in [0.2, 0.25) is 0 Å². The second-order valence-corrected chi connectivity index (χ2v) is 12.3. The Morgan fingerprint density at radius 2 is 0.844 bits per heavy atom. The molecule has 1 nitrogen and oxygen atoms in total. The number of anilines is 3. The Labute approximate surface area is 263 Å². The highest BCUT2D eigenvalue weighted by molar-refractivity contribution is 6.25. The quantitative estimate of drug-likeness (QED) is 0.189. The summed E-state index contributed by atoms with van der Waals surface area (Å²) in [5.74, 6) is 0. The van der Waals surface area contributed by atoms with Crippen molar-refractivity contribution in [3.05, 3.63) is 187 Å². The molecular formula is C44H31N. The Hall–Kier alpha value is -5.66. The van der Waals surface area contributed by atoms with Crippen molar-refractivity contribution in [2.45, 2.75) is 12.3 Å². The molecule has 0 radical (unpaired) electrons. The van der Waals surface area contributed by atoms with E-state index in [0.717, 1.165) is 17.1 Å². The molecule has 0 bridgehead atoms. The van der Waals surface area contributed by atoms with Gasteiger partial charge in [-0.05, 0) is 103 Å². The van der Waals surface area contributed by atoms with E-state index in [0.29, 0.717) is 0 Å². The maximum absolute atomic E-state index is 2.43. The lowest BCUT2D eigenvalue weighted by Gasteiger charge is -2.31. The molecule has 0 aliphatic heterocycles. The average molecular weight is 574 g/mol. The van der Waals surface area contributed by atoms with Gasteiger partial charge in [0, 0.05) is 22.5 Å². The van der Waals surface area contributed by atoms with Gasteiger partial charge in [0.1, 0.15) is 0 Å². The first kappa shape index (κ1) is 25.8. The standard InChI is InChI=1S/C44H31N/c1-44(30-14-4-2-5-15-30)42-23-13-12-22-39(42)40-27-25-33(29-43(40)44)45(31-16-6-3-7-17-31)32-24-26-38-36-20-9-8-18-34(36)35-19-10-11-21-37(35)41(38)28-32/h2-29H,1H3. The van der Waals surface area contributed by atoms with Crippen molar-refractivity contribution >= 4 is 49.4 Å². The zero-order valence-corrected chi connectivity index (χ0v) is 25.1. The van der Waals surface area contributed by atoms with Gasteiger partial charge in [-0.25, -0.2) is 0 Å². The first-order valence-corrected chi connectivity index (χ1v) is 15.7. The van der Waals surface area contributed by atoms with Gasteiger partial charge in [0.25, 0.3) is 0 Å². The smallest absolute Gasteiger partial charge is 0.0468 e. The van der Waals surface area contributed by atoms with Crippen molar-refractivity contribution in [1.29, 1.82) is 0 Å². The fourth-order valence-electron chi connectivity index (χ4n) is 7.76. The number of nitrogens with zero attached hydrogens (tertiary/aromatic N) is 1. The third-order valence-electron chi connectivity index (χ3n) is 9.91. The van der Waals surface area contributed by atoms with Crippen LogP contribution in [0.25, 0.3) is 43.4 Å². The topological polar surface area (TPSA) is 3.24 Å². The van der Waals surface area contributed by atoms with E-state index in [4.69, 9.17) is 0 Å². The van der Waals surface area contributed by atoms with E-state index in [1.54, 1.807) is 0 Å². The summed E-state index contributed by atoms with van der Waals surface area (Å²) in [6, 6.07) is 62.3. The van der Waals surface area contributed by atoms with E-state index >= 15 is 0 Å². The molecule has 0 aromatic heterocycles. The van der Waals surface area contributed by atoms with Gasteiger partial charge in [-0.1, -0.05) is 133 Å². The molecular weight excluding hydrogens is 542 g/mol. The first-order valence-electron chi connectivity index (χ1n) is 15.7. The van der Waals surface area contributed by atoms with Crippen LogP contribution in [-0.4, -0.2) is 0 Å². The molecule has 8 aromatic rings. The Morgan fingerprint density at radius 3 is 1.53 bits per heavy atom. The first-order chi connectivity index (χ1) is 22.2. The number of benzene rings is 8. The molecule has 1 unspecified atom stereocenters. The van der Waals surface area contributed by atoms with Gasteiger partial charge in [-0.3, -0.25) is 0 Å². The van der Waals surface area contributed by atoms with E-state index in [1.165, 1.54) is 60.1 Å². The molecule has 0 spiro atoms. The minimum Gasteiger partial charge on any atom is -0.310 e. The van der Waals surface area contributed by atoms with Crippen LogP contribution in [-0.2, 0) is 5.41 Å². The molecule has 1 atom stereocenters. The molecule has 212 valence electrons. The Bertz CT molecular complexity index is 2350. The summed E-state index contributed by atoms with van der Waals surface area (Å²) in [5.41, 5.74) is 9.81. The molecule has 0 heterocycles. The normalized spacial score (nSPS) is 15.3. The predicted molar refractivity (Wildman–Crippen MR) is 191 cm³/mol. The average Bonchev–Trinajstić information content (AvgIpc) is 3.38. The minimum absolute atomic E-state index is 0.260. The van der Waals surface area contributed by atoms with Crippen molar-refractivity contribution in [3.63, 3.8) is 0 Å². The number of rotatable bonds is 4. The molecule has 0 saturated carbocycles. The monoisotopic (exact) mass is 573 g/mol. The molecule has 9 rings (SSSR count). The lowest BCUT2D eigenvalue weighted by atomic mass is 9.74. The van der Waals surface area contributed by atoms with Gasteiger partial charge < -0.3 is 4.90 Å². The van der Waals surface area contributed by atoms with E-state index in [-0.39, 0.29) is 5.41 Å². The highest BCUT2D eigenvalue weighted by Crippen LogP contribution is 2.54. The largest absolute Gasteiger partial charge is 0.310 e. The molecule has 0 fully saturated rings. The number of fused-ring (bicyclic) bond motifs is 9. The highest BCUT2D eigenvalue weighted by atomic mass is 15.1. The summed E-state index contributed by atoms with van der Waals surface area (Å²) in [6.07, 6.45) is 0. The van der Waals surface area contributed by atoms with Gasteiger partial charge in [0.2, 0.25) is 0 Å². The lowest BCUT2D eigenvalue weighted by Crippen LogP contribution is -2.22. The van der Waals surface area contributed by atoms with Crippen molar-refractivity contribution in [1.82, 2.24) is 0 Å². The van der Waals surface area contributed by atoms with E-state index in [2.05, 4.69) is 182 Å². The summed E-state index contributed by atoms with van der Waals surface area (Å²) in [5, 5.41) is 7.71. The fourth-order valence-corrected chi connectivity index (χ4v) is 7.76. The van der Waals surface area contributed by atoms with Gasteiger partial charge in [-0.15, -0.1) is 0 Å². The zero-order chi connectivity index (χ0) is 30.0. The molecule has 1 aliphatic rings. The minimum atomic E-state index is -0.260. The molecule has 0 N–H and O–H groups in total. The van der Waals surface area contributed by atoms with Crippen LogP contribution in [0.15, 0.2) is 170 Å². The van der Waals surface area contributed by atoms with Crippen LogP contribution in [0, 0.1) is 0 Å². The van der Waals surface area contributed by atoms with Gasteiger partial charge >= 0.3 is 0 Å². The van der Waals surface area contributed by atoms with Crippen LogP contribution in [0.4, 0.5) is 17.1 Å². The Morgan fingerprint density at radius 1 is 0.356 bits per heavy atom. The molecule has 45 heavy (non-hydrogen) atoms. The molecule has 1 aliphatic carbocycles. The van der Waals surface area contributed by atoms with Crippen molar-refractivity contribution in [2.24, 2.45) is 0 Å². The van der Waals surface area contributed by atoms with Crippen LogP contribution in [0.3, 0.4) is 0 Å². The number of hydrogen-bond acceptors (Lipinski definition) is 1. The summed E-state index contributed by atoms with van der Waals surface area (Å²) < 4.78 is 0. The SMILES string of the molecule is CC1(c2ccccc2)c2ccccc2-c2ccc(N(c3ccccc3)c3ccc4c5ccccc5c5ccccc5c4c3)cc21. The molecule has 0 saturated heterocycles. The van der Waals surface area contributed by atoms with Crippen LogP contribution in [0.5, 0.6) is 0 Å². The van der Waals surface area contributed by atoms with Gasteiger partial charge in [0.15, 0.2) is 0 Å². The van der Waals surface area contributed by atoms with E-state index in [1.807, 2.05) is 0 Å². The number of para-hydroxylation sites is 1. The second kappa shape index (κ2) is 9.94. The second-order valence-electron chi connectivity index (χ2n) is 12.3. The highest BCUT2D eigenvalue weighted by Gasteiger charge is 2.41. The third kappa shape index (κ3) is 3.81. The maximum Gasteiger partial charge on any atom is 0.0468 e. The fraction of sp³-hybridized carbons (Fsp3) is 0.0455. The lowest BCUT2D eigenvalue weighted by molar-refractivity contribution is 0.714. The van der Waals surface area contributed by atoms with Crippen LogP contribution >= 0.6 is 0 Å². The number of hydrogen-bond donors (Lipinski definition) is 0. The Kier molecular flexibility index (Phi) is 5.70. The summed E-state index contributed by atoms with van der Waals surface area (Å²) >= 11 is 0. The predicted octanol–water partition coefficient (Wildman–Crippen LogP) is 12.0. The summed E-state index contributed by atoms with van der Waals surface area (Å²) in [7, 11) is 0. The Balaban J connectivity index is 1.30. The van der Waals surface area contributed by atoms with Crippen molar-refractivity contribution < 1.29 is 0 Å². The van der Waals surface area contributed by atoms with Crippen molar-refractivity contribution in [2.75, 3.05) is 4.90 Å². The van der Waals surface area contributed by atoms with Crippen LogP contribution < -0.4 is 4.90 Å². The van der Waals surface area contributed by atoms with Crippen LogP contribution in [0.1, 0.15) is 23.6 Å². The van der Waals surface area contributed by atoms with Gasteiger partial charge in [0.05, 0.1) is 0 Å². The van der Waals surface area contributed by atoms with Crippen molar-refractivity contribution in [3.8, 4) is 11.1 Å². The summed E-state index contributed by atoms with van der Waals surface area (Å²) in [6.45, 7) is 2.39. The molecule has 8 aromatic carbocycles. The zero-order valence-electron chi connectivity index (χ0n) is 25.1. The van der Waals surface area contributed by atoms with E-state index in [9.17, 15) is 0 Å². The molecule has 0 amide bonds. The maximum atomic E-state index is 2.43. The van der Waals surface area contributed by atoms with E-state index < -0.39 is 0 Å².